The quantitative estimate of drug-likeness (QED) is 0.844. The molecule has 1 saturated heterocycles. The van der Waals surface area contributed by atoms with Gasteiger partial charge in [-0.1, -0.05) is 26.0 Å². The van der Waals surface area contributed by atoms with Crippen LogP contribution in [0.2, 0.25) is 0 Å². The normalized spacial score (nSPS) is 24.8. The van der Waals surface area contributed by atoms with Crippen molar-refractivity contribution in [2.75, 3.05) is 26.2 Å². The van der Waals surface area contributed by atoms with E-state index < -0.39 is 0 Å². The van der Waals surface area contributed by atoms with Gasteiger partial charge in [0.2, 0.25) is 0 Å². The summed E-state index contributed by atoms with van der Waals surface area (Å²) < 4.78 is 1.97. The monoisotopic (exact) mass is 265 g/mol. The smallest absolute Gasteiger partial charge is 0.0964 e. The molecule has 108 valence electrons. The Labute approximate surface area is 116 Å². The minimum atomic E-state index is 0.814. The number of nitrogens with one attached hydrogen (secondary N) is 1. The van der Waals surface area contributed by atoms with E-state index in [9.17, 15) is 0 Å². The van der Waals surface area contributed by atoms with Crippen molar-refractivity contribution in [3.63, 3.8) is 0 Å². The van der Waals surface area contributed by atoms with Gasteiger partial charge in [0, 0.05) is 32.4 Å². The molecule has 0 aromatic carbocycles. The first-order valence-electron chi connectivity index (χ1n) is 7.49. The van der Waals surface area contributed by atoms with Crippen LogP contribution in [0, 0.1) is 11.8 Å². The Bertz CT molecular complexity index is 366. The molecule has 0 amide bonds. The minimum absolute atomic E-state index is 0.814. The van der Waals surface area contributed by atoms with Gasteiger partial charge in [-0.25, -0.2) is 0 Å². The van der Waals surface area contributed by atoms with Crippen LogP contribution in [-0.2, 0) is 13.1 Å². The molecule has 19 heavy (non-hydrogen) atoms. The predicted molar refractivity (Wildman–Crippen MR) is 76.8 cm³/mol. The first kappa shape index (κ1) is 14.5. The van der Waals surface area contributed by atoms with E-state index in [1.807, 2.05) is 4.68 Å². The van der Waals surface area contributed by atoms with E-state index in [0.29, 0.717) is 0 Å². The maximum Gasteiger partial charge on any atom is 0.0964 e. The Balaban J connectivity index is 1.76. The van der Waals surface area contributed by atoms with E-state index in [2.05, 4.69) is 47.5 Å². The van der Waals surface area contributed by atoms with Gasteiger partial charge < -0.3 is 10.2 Å². The highest BCUT2D eigenvalue weighted by Crippen LogP contribution is 2.20. The van der Waals surface area contributed by atoms with Gasteiger partial charge in [-0.3, -0.25) is 4.68 Å². The summed E-state index contributed by atoms with van der Waals surface area (Å²) >= 11 is 0. The Hall–Kier alpha value is -0.940. The van der Waals surface area contributed by atoms with E-state index in [-0.39, 0.29) is 0 Å². The van der Waals surface area contributed by atoms with Crippen molar-refractivity contribution in [2.45, 2.75) is 40.3 Å². The molecule has 1 fully saturated rings. The lowest BCUT2D eigenvalue weighted by atomic mass is 9.92. The molecule has 2 unspecified atom stereocenters. The molecule has 0 spiro atoms. The molecular formula is C14H27N5. The van der Waals surface area contributed by atoms with E-state index in [1.54, 1.807) is 0 Å². The lowest BCUT2D eigenvalue weighted by Gasteiger charge is -2.34. The molecule has 1 aliphatic rings. The van der Waals surface area contributed by atoms with Crippen molar-refractivity contribution < 1.29 is 0 Å². The Kier molecular flexibility index (Phi) is 5.34. The standard InChI is InChI=1S/C14H27N5/c1-4-15-8-14-11-19(17-16-14)6-5-18-9-12(2)7-13(3)10-18/h11-13,15H,4-10H2,1-3H3. The summed E-state index contributed by atoms with van der Waals surface area (Å²) in [6.07, 6.45) is 3.42. The van der Waals surface area contributed by atoms with Gasteiger partial charge >= 0.3 is 0 Å². The summed E-state index contributed by atoms with van der Waals surface area (Å²) in [7, 11) is 0. The van der Waals surface area contributed by atoms with Gasteiger partial charge in [0.25, 0.3) is 0 Å². The second kappa shape index (κ2) is 7.01. The first-order valence-corrected chi connectivity index (χ1v) is 7.49. The third kappa shape index (κ3) is 4.58. The zero-order chi connectivity index (χ0) is 13.7. The molecule has 2 atom stereocenters. The van der Waals surface area contributed by atoms with Crippen LogP contribution in [-0.4, -0.2) is 46.1 Å². The maximum absolute atomic E-state index is 4.19. The largest absolute Gasteiger partial charge is 0.311 e. The first-order chi connectivity index (χ1) is 9.17. The summed E-state index contributed by atoms with van der Waals surface area (Å²) in [6.45, 7) is 13.1. The molecule has 2 rings (SSSR count). The number of likely N-dealkylation sites (tertiary alicyclic amines) is 1. The highest BCUT2D eigenvalue weighted by molar-refractivity contribution is 4.91. The SMILES string of the molecule is CCNCc1cn(CCN2CC(C)CC(C)C2)nn1. The van der Waals surface area contributed by atoms with Crippen LogP contribution >= 0.6 is 0 Å². The molecule has 1 N–H and O–H groups in total. The minimum Gasteiger partial charge on any atom is -0.311 e. The molecule has 0 saturated carbocycles. The zero-order valence-electron chi connectivity index (χ0n) is 12.5. The molecular weight excluding hydrogens is 238 g/mol. The molecule has 1 aromatic rings. The Morgan fingerprint density at radius 2 is 2.00 bits per heavy atom. The molecule has 1 aliphatic heterocycles. The predicted octanol–water partition coefficient (Wildman–Crippen LogP) is 1.37. The fraction of sp³-hybridized carbons (Fsp3) is 0.857. The van der Waals surface area contributed by atoms with Crippen LogP contribution in [0.4, 0.5) is 0 Å². The summed E-state index contributed by atoms with van der Waals surface area (Å²) in [5.41, 5.74) is 1.03. The van der Waals surface area contributed by atoms with Crippen LogP contribution in [0.5, 0.6) is 0 Å². The second-order valence-corrected chi connectivity index (χ2v) is 5.96. The second-order valence-electron chi connectivity index (χ2n) is 5.96. The summed E-state index contributed by atoms with van der Waals surface area (Å²) in [4.78, 5) is 2.56. The number of hydrogen-bond donors (Lipinski definition) is 1. The van der Waals surface area contributed by atoms with Crippen molar-refractivity contribution in [2.24, 2.45) is 11.8 Å². The van der Waals surface area contributed by atoms with Crippen LogP contribution in [0.15, 0.2) is 6.20 Å². The topological polar surface area (TPSA) is 46.0 Å². The van der Waals surface area contributed by atoms with Crippen LogP contribution in [0.3, 0.4) is 0 Å². The molecule has 0 bridgehead atoms. The van der Waals surface area contributed by atoms with Gasteiger partial charge in [0.1, 0.15) is 0 Å². The molecule has 1 aromatic heterocycles. The van der Waals surface area contributed by atoms with E-state index in [1.165, 1.54) is 19.5 Å². The molecule has 0 radical (unpaired) electrons. The third-order valence-electron chi connectivity index (χ3n) is 3.73. The van der Waals surface area contributed by atoms with Crippen molar-refractivity contribution in [1.29, 1.82) is 0 Å². The molecule has 5 nitrogen and oxygen atoms in total. The Morgan fingerprint density at radius 3 is 2.68 bits per heavy atom. The number of nitrogens with zero attached hydrogens (tertiary/aromatic N) is 4. The number of piperidine rings is 1. The van der Waals surface area contributed by atoms with E-state index in [0.717, 1.165) is 43.7 Å². The van der Waals surface area contributed by atoms with Crippen LogP contribution in [0.1, 0.15) is 32.9 Å². The molecule has 2 heterocycles. The Morgan fingerprint density at radius 1 is 1.26 bits per heavy atom. The van der Waals surface area contributed by atoms with Crippen molar-refractivity contribution in [1.82, 2.24) is 25.2 Å². The van der Waals surface area contributed by atoms with E-state index in [4.69, 9.17) is 0 Å². The van der Waals surface area contributed by atoms with Gasteiger partial charge in [-0.15, -0.1) is 5.10 Å². The van der Waals surface area contributed by atoms with Gasteiger partial charge in [-0.05, 0) is 24.8 Å². The average molecular weight is 265 g/mol. The highest BCUT2D eigenvalue weighted by atomic mass is 15.4. The molecule has 0 aliphatic carbocycles. The third-order valence-corrected chi connectivity index (χ3v) is 3.73. The van der Waals surface area contributed by atoms with E-state index >= 15 is 0 Å². The number of aromatic nitrogens is 3. The fourth-order valence-corrected chi connectivity index (χ4v) is 3.00. The zero-order valence-corrected chi connectivity index (χ0v) is 12.5. The van der Waals surface area contributed by atoms with Gasteiger partial charge in [-0.2, -0.15) is 0 Å². The average Bonchev–Trinajstić information content (AvgIpc) is 2.81. The molecule has 5 heteroatoms. The summed E-state index contributed by atoms with van der Waals surface area (Å²) in [6, 6.07) is 0. The number of rotatable bonds is 6. The lowest BCUT2D eigenvalue weighted by molar-refractivity contribution is 0.135. The van der Waals surface area contributed by atoms with Crippen molar-refractivity contribution in [3.05, 3.63) is 11.9 Å². The van der Waals surface area contributed by atoms with Gasteiger partial charge in [0.05, 0.1) is 12.2 Å². The number of hydrogen-bond acceptors (Lipinski definition) is 4. The van der Waals surface area contributed by atoms with Crippen molar-refractivity contribution in [3.8, 4) is 0 Å². The van der Waals surface area contributed by atoms with Gasteiger partial charge in [0.15, 0.2) is 0 Å². The summed E-state index contributed by atoms with van der Waals surface area (Å²) in [5.74, 6) is 1.65. The van der Waals surface area contributed by atoms with Crippen molar-refractivity contribution >= 4 is 0 Å². The maximum atomic E-state index is 4.19. The lowest BCUT2D eigenvalue weighted by Crippen LogP contribution is -2.40. The summed E-state index contributed by atoms with van der Waals surface area (Å²) in [5, 5.41) is 11.6. The highest BCUT2D eigenvalue weighted by Gasteiger charge is 2.21. The fourth-order valence-electron chi connectivity index (χ4n) is 3.00. The van der Waals surface area contributed by atoms with Crippen LogP contribution < -0.4 is 5.32 Å². The van der Waals surface area contributed by atoms with Crippen LogP contribution in [0.25, 0.3) is 0 Å².